The standard InChI is InChI=1S/C17H35N3O/c1-3-4-5-6-7-8-9-10-11-18-16-17(21)20-14-12-19(2)13-15-20/h18H,3-16H2,1-2H3. The first kappa shape index (κ1) is 18.4. The van der Waals surface area contributed by atoms with Crippen LogP contribution < -0.4 is 5.32 Å². The molecule has 0 aromatic heterocycles. The summed E-state index contributed by atoms with van der Waals surface area (Å²) in [7, 11) is 2.11. The van der Waals surface area contributed by atoms with E-state index < -0.39 is 0 Å². The highest BCUT2D eigenvalue weighted by Gasteiger charge is 2.17. The number of nitrogens with one attached hydrogen (secondary N) is 1. The maximum Gasteiger partial charge on any atom is 0.236 e. The van der Waals surface area contributed by atoms with Gasteiger partial charge < -0.3 is 15.1 Å². The van der Waals surface area contributed by atoms with Crippen LogP contribution in [-0.4, -0.2) is 62.0 Å². The Labute approximate surface area is 131 Å². The van der Waals surface area contributed by atoms with E-state index in [4.69, 9.17) is 0 Å². The zero-order valence-corrected chi connectivity index (χ0v) is 14.2. The molecule has 0 saturated carbocycles. The van der Waals surface area contributed by atoms with Gasteiger partial charge in [-0.05, 0) is 20.0 Å². The van der Waals surface area contributed by atoms with E-state index in [-0.39, 0.29) is 5.91 Å². The Balaban J connectivity index is 1.86. The summed E-state index contributed by atoms with van der Waals surface area (Å²) in [6.07, 6.45) is 10.7. The Bertz CT molecular complexity index is 263. The first-order chi connectivity index (χ1) is 10.2. The fraction of sp³-hybridized carbons (Fsp3) is 0.941. The molecule has 4 heteroatoms. The molecule has 4 nitrogen and oxygen atoms in total. The van der Waals surface area contributed by atoms with E-state index in [2.05, 4.69) is 24.2 Å². The van der Waals surface area contributed by atoms with E-state index in [0.29, 0.717) is 6.54 Å². The van der Waals surface area contributed by atoms with Crippen LogP contribution in [0.5, 0.6) is 0 Å². The fourth-order valence-electron chi connectivity index (χ4n) is 2.75. The minimum Gasteiger partial charge on any atom is -0.339 e. The van der Waals surface area contributed by atoms with Crippen LogP contribution in [0.4, 0.5) is 0 Å². The van der Waals surface area contributed by atoms with Crippen LogP contribution in [0.25, 0.3) is 0 Å². The lowest BCUT2D eigenvalue weighted by atomic mass is 10.1. The summed E-state index contributed by atoms with van der Waals surface area (Å²) in [5, 5.41) is 3.30. The highest BCUT2D eigenvalue weighted by atomic mass is 16.2. The lowest BCUT2D eigenvalue weighted by molar-refractivity contribution is -0.131. The van der Waals surface area contributed by atoms with E-state index in [0.717, 1.165) is 32.7 Å². The third kappa shape index (κ3) is 9.10. The molecule has 0 aliphatic carbocycles. The highest BCUT2D eigenvalue weighted by molar-refractivity contribution is 5.78. The van der Waals surface area contributed by atoms with Crippen LogP contribution in [0.2, 0.25) is 0 Å². The molecule has 1 N–H and O–H groups in total. The van der Waals surface area contributed by atoms with Crippen molar-refractivity contribution in [1.82, 2.24) is 15.1 Å². The average Bonchev–Trinajstić information content (AvgIpc) is 2.49. The Kier molecular flexibility index (Phi) is 10.5. The number of carbonyl (C=O) groups excluding carboxylic acids is 1. The van der Waals surface area contributed by atoms with Crippen LogP contribution >= 0.6 is 0 Å². The largest absolute Gasteiger partial charge is 0.339 e. The van der Waals surface area contributed by atoms with Crippen LogP contribution in [-0.2, 0) is 4.79 Å². The zero-order chi connectivity index (χ0) is 15.3. The van der Waals surface area contributed by atoms with E-state index in [1.54, 1.807) is 0 Å². The first-order valence-corrected chi connectivity index (χ1v) is 8.91. The second-order valence-electron chi connectivity index (χ2n) is 6.34. The molecule has 1 heterocycles. The van der Waals surface area contributed by atoms with Crippen molar-refractivity contribution < 1.29 is 4.79 Å². The number of hydrogen-bond donors (Lipinski definition) is 1. The predicted molar refractivity (Wildman–Crippen MR) is 89.6 cm³/mol. The predicted octanol–water partition coefficient (Wildman–Crippen LogP) is 2.49. The van der Waals surface area contributed by atoms with Gasteiger partial charge in [-0.25, -0.2) is 0 Å². The molecule has 0 unspecified atom stereocenters. The van der Waals surface area contributed by atoms with Crippen molar-refractivity contribution in [3.63, 3.8) is 0 Å². The summed E-state index contributed by atoms with van der Waals surface area (Å²) >= 11 is 0. The molecule has 1 amide bonds. The van der Waals surface area contributed by atoms with Gasteiger partial charge in [0.2, 0.25) is 5.91 Å². The molecule has 21 heavy (non-hydrogen) atoms. The molecule has 1 aliphatic rings. The SMILES string of the molecule is CCCCCCCCCCNCC(=O)N1CCN(C)CC1. The smallest absolute Gasteiger partial charge is 0.236 e. The Morgan fingerprint density at radius 3 is 2.10 bits per heavy atom. The maximum atomic E-state index is 12.0. The van der Waals surface area contributed by atoms with Gasteiger partial charge in [0, 0.05) is 26.2 Å². The van der Waals surface area contributed by atoms with E-state index >= 15 is 0 Å². The molecule has 1 fully saturated rings. The number of carbonyl (C=O) groups is 1. The Morgan fingerprint density at radius 2 is 1.48 bits per heavy atom. The molecule has 1 saturated heterocycles. The third-order valence-electron chi connectivity index (χ3n) is 4.34. The molecular weight excluding hydrogens is 262 g/mol. The van der Waals surface area contributed by atoms with Crippen LogP contribution in [0.1, 0.15) is 58.3 Å². The number of piperazine rings is 1. The quantitative estimate of drug-likeness (QED) is 0.595. The van der Waals surface area contributed by atoms with Gasteiger partial charge in [0.1, 0.15) is 0 Å². The van der Waals surface area contributed by atoms with Crippen molar-refractivity contribution in [2.24, 2.45) is 0 Å². The monoisotopic (exact) mass is 297 g/mol. The van der Waals surface area contributed by atoms with Gasteiger partial charge in [-0.2, -0.15) is 0 Å². The van der Waals surface area contributed by atoms with Crippen LogP contribution in [0, 0.1) is 0 Å². The summed E-state index contributed by atoms with van der Waals surface area (Å²) in [6, 6.07) is 0. The normalized spacial score (nSPS) is 16.4. The van der Waals surface area contributed by atoms with Crippen LogP contribution in [0.3, 0.4) is 0 Å². The first-order valence-electron chi connectivity index (χ1n) is 8.91. The van der Waals surface area contributed by atoms with E-state index in [1.165, 1.54) is 51.4 Å². The van der Waals surface area contributed by atoms with Gasteiger partial charge in [0.05, 0.1) is 6.54 Å². The second kappa shape index (κ2) is 12.0. The highest BCUT2D eigenvalue weighted by Crippen LogP contribution is 2.07. The van der Waals surface area contributed by atoms with Gasteiger partial charge in [-0.1, -0.05) is 51.9 Å². The fourth-order valence-corrected chi connectivity index (χ4v) is 2.75. The van der Waals surface area contributed by atoms with Gasteiger partial charge in [-0.3, -0.25) is 4.79 Å². The number of rotatable bonds is 11. The van der Waals surface area contributed by atoms with E-state index in [1.807, 2.05) is 4.90 Å². The molecule has 0 bridgehead atoms. The average molecular weight is 297 g/mol. The zero-order valence-electron chi connectivity index (χ0n) is 14.2. The Hall–Kier alpha value is -0.610. The van der Waals surface area contributed by atoms with E-state index in [9.17, 15) is 4.79 Å². The minimum absolute atomic E-state index is 0.266. The van der Waals surface area contributed by atoms with Gasteiger partial charge >= 0.3 is 0 Å². The van der Waals surface area contributed by atoms with Gasteiger partial charge in [0.25, 0.3) is 0 Å². The summed E-state index contributed by atoms with van der Waals surface area (Å²) in [4.78, 5) is 16.2. The molecule has 0 aromatic carbocycles. The molecule has 0 aromatic rings. The van der Waals surface area contributed by atoms with Crippen molar-refractivity contribution >= 4 is 5.91 Å². The second-order valence-corrected chi connectivity index (χ2v) is 6.34. The Morgan fingerprint density at radius 1 is 0.905 bits per heavy atom. The van der Waals surface area contributed by atoms with Crippen molar-refractivity contribution in [3.8, 4) is 0 Å². The molecule has 1 aliphatic heterocycles. The lowest BCUT2D eigenvalue weighted by Gasteiger charge is -2.32. The van der Waals surface area contributed by atoms with Crippen molar-refractivity contribution in [3.05, 3.63) is 0 Å². The molecular formula is C17H35N3O. The maximum absolute atomic E-state index is 12.0. The molecule has 1 rings (SSSR count). The number of hydrogen-bond acceptors (Lipinski definition) is 3. The van der Waals surface area contributed by atoms with Crippen molar-refractivity contribution in [2.45, 2.75) is 58.3 Å². The van der Waals surface area contributed by atoms with Crippen molar-refractivity contribution in [2.75, 3.05) is 46.3 Å². The third-order valence-corrected chi connectivity index (χ3v) is 4.34. The summed E-state index contributed by atoms with van der Waals surface area (Å²) in [6.45, 7) is 7.53. The molecule has 0 radical (unpaired) electrons. The minimum atomic E-state index is 0.266. The molecule has 124 valence electrons. The number of nitrogens with zero attached hydrogens (tertiary/aromatic N) is 2. The topological polar surface area (TPSA) is 35.6 Å². The summed E-state index contributed by atoms with van der Waals surface area (Å²) in [5.74, 6) is 0.266. The van der Waals surface area contributed by atoms with Crippen LogP contribution in [0.15, 0.2) is 0 Å². The van der Waals surface area contributed by atoms with Gasteiger partial charge in [-0.15, -0.1) is 0 Å². The molecule has 0 spiro atoms. The molecule has 0 atom stereocenters. The van der Waals surface area contributed by atoms with Gasteiger partial charge in [0.15, 0.2) is 0 Å². The van der Waals surface area contributed by atoms with Crippen molar-refractivity contribution in [1.29, 1.82) is 0 Å². The summed E-state index contributed by atoms with van der Waals surface area (Å²) < 4.78 is 0. The number of unbranched alkanes of at least 4 members (excludes halogenated alkanes) is 7. The summed E-state index contributed by atoms with van der Waals surface area (Å²) in [5.41, 5.74) is 0. The number of amides is 1. The number of likely N-dealkylation sites (N-methyl/N-ethyl adjacent to an activating group) is 1. The lowest BCUT2D eigenvalue weighted by Crippen LogP contribution is -2.49.